The van der Waals surface area contributed by atoms with Gasteiger partial charge < -0.3 is 14.5 Å². The van der Waals surface area contributed by atoms with Crippen LogP contribution in [-0.2, 0) is 12.8 Å². The Hall–Kier alpha value is -3.28. The molecule has 6 nitrogen and oxygen atoms in total. The Kier molecular flexibility index (Phi) is 7.10. The SMILES string of the molecule is CCCCOc1ccc(/C=N\NC(=O)c2ccc3[nH]c4c(c3c2)CCCC4)cc1OCC. The van der Waals surface area contributed by atoms with E-state index in [1.807, 2.05) is 43.3 Å². The summed E-state index contributed by atoms with van der Waals surface area (Å²) in [5, 5.41) is 5.30. The molecule has 2 aromatic carbocycles. The fourth-order valence-electron chi connectivity index (χ4n) is 4.10. The third-order valence-electron chi connectivity index (χ3n) is 5.76. The molecule has 4 rings (SSSR count). The predicted octanol–water partition coefficient (Wildman–Crippen LogP) is 5.39. The summed E-state index contributed by atoms with van der Waals surface area (Å²) < 4.78 is 11.5. The quantitative estimate of drug-likeness (QED) is 0.270. The molecule has 6 heteroatoms. The lowest BCUT2D eigenvalue weighted by Crippen LogP contribution is -2.17. The van der Waals surface area contributed by atoms with E-state index in [4.69, 9.17) is 9.47 Å². The summed E-state index contributed by atoms with van der Waals surface area (Å²) in [6, 6.07) is 11.4. The van der Waals surface area contributed by atoms with Crippen molar-refractivity contribution < 1.29 is 14.3 Å². The van der Waals surface area contributed by atoms with E-state index in [-0.39, 0.29) is 5.91 Å². The molecule has 1 heterocycles. The molecule has 0 spiro atoms. The van der Waals surface area contributed by atoms with Gasteiger partial charge in [0, 0.05) is 22.2 Å². The van der Waals surface area contributed by atoms with Crippen LogP contribution < -0.4 is 14.9 Å². The van der Waals surface area contributed by atoms with Crippen LogP contribution in [0.15, 0.2) is 41.5 Å². The first-order valence-corrected chi connectivity index (χ1v) is 11.6. The van der Waals surface area contributed by atoms with Crippen LogP contribution in [0.4, 0.5) is 0 Å². The lowest BCUT2D eigenvalue weighted by molar-refractivity contribution is 0.0955. The molecule has 32 heavy (non-hydrogen) atoms. The molecule has 0 saturated heterocycles. The molecule has 0 fully saturated rings. The number of rotatable bonds is 9. The topological polar surface area (TPSA) is 75.7 Å². The fourth-order valence-corrected chi connectivity index (χ4v) is 4.10. The first-order valence-electron chi connectivity index (χ1n) is 11.6. The van der Waals surface area contributed by atoms with Gasteiger partial charge in [-0.3, -0.25) is 4.79 Å². The number of carbonyl (C=O) groups excluding carboxylic acids is 1. The Bertz CT molecular complexity index is 1120. The summed E-state index contributed by atoms with van der Waals surface area (Å²) >= 11 is 0. The molecule has 2 N–H and O–H groups in total. The molecular formula is C26H31N3O3. The highest BCUT2D eigenvalue weighted by atomic mass is 16.5. The van der Waals surface area contributed by atoms with Gasteiger partial charge in [-0.25, -0.2) is 5.43 Å². The van der Waals surface area contributed by atoms with Gasteiger partial charge in [0.25, 0.3) is 5.91 Å². The van der Waals surface area contributed by atoms with Crippen molar-refractivity contribution in [1.82, 2.24) is 10.4 Å². The second-order valence-electron chi connectivity index (χ2n) is 8.09. The average molecular weight is 434 g/mol. The molecule has 168 valence electrons. The Labute approximate surface area is 189 Å². The standard InChI is InChI=1S/C26H31N3O3/c1-3-5-14-32-24-13-10-18(15-25(24)31-4-2)17-27-29-26(30)19-11-12-23-21(16-19)20-8-6-7-9-22(20)28-23/h10-13,15-17,28H,3-9,14H2,1-2H3,(H,29,30)/b27-17-. The maximum atomic E-state index is 12.7. The summed E-state index contributed by atoms with van der Waals surface area (Å²) in [5.41, 5.74) is 7.84. The first kappa shape index (κ1) is 21.9. The number of amides is 1. The number of aromatic nitrogens is 1. The Morgan fingerprint density at radius 3 is 2.81 bits per heavy atom. The van der Waals surface area contributed by atoms with E-state index in [9.17, 15) is 4.79 Å². The summed E-state index contributed by atoms with van der Waals surface area (Å²) in [4.78, 5) is 16.2. The molecular weight excluding hydrogens is 402 g/mol. The number of aromatic amines is 1. The number of nitrogens with zero attached hydrogens (tertiary/aromatic N) is 1. The lowest BCUT2D eigenvalue weighted by atomic mass is 9.95. The number of aryl methyl sites for hydroxylation is 2. The number of hydrogen-bond donors (Lipinski definition) is 2. The predicted molar refractivity (Wildman–Crippen MR) is 128 cm³/mol. The number of nitrogens with one attached hydrogen (secondary N) is 2. The molecule has 0 radical (unpaired) electrons. The van der Waals surface area contributed by atoms with Crippen LogP contribution in [0.2, 0.25) is 0 Å². The van der Waals surface area contributed by atoms with Crippen molar-refractivity contribution >= 4 is 23.0 Å². The number of hydrogen-bond acceptors (Lipinski definition) is 4. The van der Waals surface area contributed by atoms with Gasteiger partial charge in [0.05, 0.1) is 19.4 Å². The number of H-pyrrole nitrogens is 1. The Balaban J connectivity index is 1.44. The van der Waals surface area contributed by atoms with Crippen molar-refractivity contribution in [2.75, 3.05) is 13.2 Å². The molecule has 1 aromatic heterocycles. The van der Waals surface area contributed by atoms with Crippen molar-refractivity contribution in [3.05, 3.63) is 58.8 Å². The van der Waals surface area contributed by atoms with E-state index in [0.29, 0.717) is 24.5 Å². The van der Waals surface area contributed by atoms with Gasteiger partial charge in [-0.1, -0.05) is 13.3 Å². The van der Waals surface area contributed by atoms with Crippen LogP contribution in [0.1, 0.15) is 66.7 Å². The van der Waals surface area contributed by atoms with Crippen molar-refractivity contribution in [3.8, 4) is 11.5 Å². The van der Waals surface area contributed by atoms with Crippen LogP contribution in [0.3, 0.4) is 0 Å². The van der Waals surface area contributed by atoms with E-state index in [2.05, 4.69) is 22.4 Å². The summed E-state index contributed by atoms with van der Waals surface area (Å²) in [6.07, 6.45) is 8.27. The number of hydrazone groups is 1. The second kappa shape index (κ2) is 10.4. The van der Waals surface area contributed by atoms with Crippen molar-refractivity contribution in [3.63, 3.8) is 0 Å². The highest BCUT2D eigenvalue weighted by Gasteiger charge is 2.16. The second-order valence-corrected chi connectivity index (χ2v) is 8.09. The Morgan fingerprint density at radius 1 is 1.09 bits per heavy atom. The van der Waals surface area contributed by atoms with Gasteiger partial charge in [0.1, 0.15) is 0 Å². The van der Waals surface area contributed by atoms with Crippen LogP contribution in [0.5, 0.6) is 11.5 Å². The van der Waals surface area contributed by atoms with Crippen LogP contribution in [0, 0.1) is 0 Å². The maximum absolute atomic E-state index is 12.7. The molecule has 0 saturated carbocycles. The van der Waals surface area contributed by atoms with Gasteiger partial charge in [-0.2, -0.15) is 5.10 Å². The summed E-state index contributed by atoms with van der Waals surface area (Å²) in [6.45, 7) is 5.28. The van der Waals surface area contributed by atoms with Crippen molar-refractivity contribution in [2.24, 2.45) is 5.10 Å². The van der Waals surface area contributed by atoms with Gasteiger partial charge in [0.2, 0.25) is 0 Å². The fraction of sp³-hybridized carbons (Fsp3) is 0.385. The lowest BCUT2D eigenvalue weighted by Gasteiger charge is -2.12. The van der Waals surface area contributed by atoms with Gasteiger partial charge in [0.15, 0.2) is 11.5 Å². The van der Waals surface area contributed by atoms with Gasteiger partial charge in [-0.05, 0) is 86.6 Å². The summed E-state index contributed by atoms with van der Waals surface area (Å²) in [7, 11) is 0. The van der Waals surface area contributed by atoms with Crippen LogP contribution in [0.25, 0.3) is 10.9 Å². The highest BCUT2D eigenvalue weighted by molar-refractivity contribution is 5.99. The van der Waals surface area contributed by atoms with Crippen LogP contribution >= 0.6 is 0 Å². The molecule has 0 bridgehead atoms. The minimum Gasteiger partial charge on any atom is -0.490 e. The molecule has 1 aliphatic rings. The minimum atomic E-state index is -0.224. The van der Waals surface area contributed by atoms with Crippen molar-refractivity contribution in [2.45, 2.75) is 52.4 Å². The number of fused-ring (bicyclic) bond motifs is 3. The average Bonchev–Trinajstić information content (AvgIpc) is 3.18. The first-order chi connectivity index (χ1) is 15.7. The highest BCUT2D eigenvalue weighted by Crippen LogP contribution is 2.30. The number of unbranched alkanes of at least 4 members (excludes halogenated alkanes) is 1. The van der Waals surface area contributed by atoms with E-state index < -0.39 is 0 Å². The zero-order valence-electron chi connectivity index (χ0n) is 18.9. The van der Waals surface area contributed by atoms with E-state index in [0.717, 1.165) is 47.9 Å². The third-order valence-corrected chi connectivity index (χ3v) is 5.76. The third kappa shape index (κ3) is 4.96. The molecule has 3 aromatic rings. The van der Waals surface area contributed by atoms with E-state index in [1.54, 1.807) is 6.21 Å². The van der Waals surface area contributed by atoms with Gasteiger partial charge in [-0.15, -0.1) is 0 Å². The zero-order chi connectivity index (χ0) is 22.3. The molecule has 1 aliphatic carbocycles. The Morgan fingerprint density at radius 2 is 1.97 bits per heavy atom. The molecule has 0 unspecified atom stereocenters. The smallest absolute Gasteiger partial charge is 0.271 e. The molecule has 0 atom stereocenters. The largest absolute Gasteiger partial charge is 0.490 e. The minimum absolute atomic E-state index is 0.224. The number of ether oxygens (including phenoxy) is 2. The number of carbonyl (C=O) groups is 1. The zero-order valence-corrected chi connectivity index (χ0v) is 18.9. The normalized spacial score (nSPS) is 13.3. The summed E-state index contributed by atoms with van der Waals surface area (Å²) in [5.74, 6) is 1.18. The van der Waals surface area contributed by atoms with E-state index in [1.165, 1.54) is 24.1 Å². The van der Waals surface area contributed by atoms with E-state index >= 15 is 0 Å². The molecule has 1 amide bonds. The van der Waals surface area contributed by atoms with Gasteiger partial charge >= 0.3 is 0 Å². The number of benzene rings is 2. The van der Waals surface area contributed by atoms with Crippen LogP contribution in [-0.4, -0.2) is 30.3 Å². The maximum Gasteiger partial charge on any atom is 0.271 e. The van der Waals surface area contributed by atoms with Crippen molar-refractivity contribution in [1.29, 1.82) is 0 Å². The molecule has 0 aliphatic heterocycles. The monoisotopic (exact) mass is 433 g/mol.